The Kier molecular flexibility index (Phi) is 9.27. The minimum Gasteiger partial charge on any atom is -0.497 e. The van der Waals surface area contributed by atoms with Gasteiger partial charge in [-0.2, -0.15) is 5.26 Å². The van der Waals surface area contributed by atoms with Gasteiger partial charge in [-0.15, -0.1) is 0 Å². The van der Waals surface area contributed by atoms with Crippen molar-refractivity contribution in [1.82, 2.24) is 14.9 Å². The first-order chi connectivity index (χ1) is 16.4. The molecule has 1 fully saturated rings. The average Bonchev–Trinajstić information content (AvgIpc) is 2.87. The number of carbonyl (C=O) groups is 1. The van der Waals surface area contributed by atoms with Crippen LogP contribution >= 0.6 is 0 Å². The molecule has 1 amide bonds. The van der Waals surface area contributed by atoms with Crippen LogP contribution in [-0.2, 0) is 10.0 Å². The van der Waals surface area contributed by atoms with Gasteiger partial charge in [0.15, 0.2) is 0 Å². The molecule has 0 saturated carbocycles. The molecule has 1 aliphatic rings. The minimum atomic E-state index is -3.68. The van der Waals surface area contributed by atoms with E-state index in [9.17, 15) is 13.2 Å². The van der Waals surface area contributed by atoms with Gasteiger partial charge in [-0.3, -0.25) is 9.69 Å². The Morgan fingerprint density at radius 2 is 1.71 bits per heavy atom. The predicted molar refractivity (Wildman–Crippen MR) is 130 cm³/mol. The number of methoxy groups -OCH3 is 1. The third kappa shape index (κ3) is 7.18. The van der Waals surface area contributed by atoms with Crippen molar-refractivity contribution >= 4 is 21.6 Å². The molecule has 0 aromatic heterocycles. The lowest BCUT2D eigenvalue weighted by Gasteiger charge is -2.36. The number of sulfonamides is 1. The third-order valence-corrected chi connectivity index (χ3v) is 7.18. The SMILES string of the molecule is COc1ccc(N2CCN(CCCNC(=O)c3ccc(S(=O)(=O)NCCC#N)cc3)CC2)cc1. The molecule has 2 N–H and O–H groups in total. The zero-order valence-electron chi connectivity index (χ0n) is 19.4. The maximum atomic E-state index is 12.4. The number of amides is 1. The first-order valence-corrected chi connectivity index (χ1v) is 12.8. The molecule has 10 heteroatoms. The quantitative estimate of drug-likeness (QED) is 0.467. The van der Waals surface area contributed by atoms with E-state index < -0.39 is 10.0 Å². The van der Waals surface area contributed by atoms with Crippen LogP contribution in [0.4, 0.5) is 5.69 Å². The summed E-state index contributed by atoms with van der Waals surface area (Å²) in [6.45, 7) is 5.36. The second-order valence-electron chi connectivity index (χ2n) is 7.97. The maximum absolute atomic E-state index is 12.4. The highest BCUT2D eigenvalue weighted by atomic mass is 32.2. The Morgan fingerprint density at radius 1 is 1.03 bits per heavy atom. The van der Waals surface area contributed by atoms with Gasteiger partial charge >= 0.3 is 0 Å². The van der Waals surface area contributed by atoms with Crippen molar-refractivity contribution in [2.24, 2.45) is 0 Å². The number of hydrogen-bond acceptors (Lipinski definition) is 7. The fraction of sp³-hybridized carbons (Fsp3) is 0.417. The molecule has 0 atom stereocenters. The summed E-state index contributed by atoms with van der Waals surface area (Å²) in [6, 6.07) is 15.8. The van der Waals surface area contributed by atoms with Crippen molar-refractivity contribution in [3.8, 4) is 11.8 Å². The van der Waals surface area contributed by atoms with Crippen molar-refractivity contribution in [2.75, 3.05) is 57.8 Å². The standard InChI is InChI=1S/C24H31N5O4S/c1-33-22-8-6-21(7-9-22)29-18-16-28(17-19-29)15-3-13-26-24(30)20-4-10-23(11-5-20)34(31,32)27-14-2-12-25/h4-11,27H,2-3,13-19H2,1H3,(H,26,30). The van der Waals surface area contributed by atoms with Crippen LogP contribution < -0.4 is 19.7 Å². The number of ether oxygens (including phenoxy) is 1. The number of hydrogen-bond donors (Lipinski definition) is 2. The zero-order valence-corrected chi connectivity index (χ0v) is 20.2. The van der Waals surface area contributed by atoms with Gasteiger partial charge in [0.2, 0.25) is 10.0 Å². The van der Waals surface area contributed by atoms with E-state index in [0.29, 0.717) is 12.1 Å². The van der Waals surface area contributed by atoms with Crippen LogP contribution in [-0.4, -0.2) is 72.1 Å². The van der Waals surface area contributed by atoms with E-state index in [2.05, 4.69) is 32.0 Å². The van der Waals surface area contributed by atoms with E-state index in [0.717, 1.165) is 44.9 Å². The second kappa shape index (κ2) is 12.4. The van der Waals surface area contributed by atoms with Crippen molar-refractivity contribution in [3.63, 3.8) is 0 Å². The number of nitriles is 1. The van der Waals surface area contributed by atoms with E-state index in [4.69, 9.17) is 10.00 Å². The largest absolute Gasteiger partial charge is 0.497 e. The summed E-state index contributed by atoms with van der Waals surface area (Å²) in [6.07, 6.45) is 0.932. The Labute approximate surface area is 201 Å². The molecular weight excluding hydrogens is 454 g/mol. The molecule has 0 spiro atoms. The molecule has 34 heavy (non-hydrogen) atoms. The first kappa shape index (κ1) is 25.5. The molecule has 0 radical (unpaired) electrons. The molecule has 1 heterocycles. The van der Waals surface area contributed by atoms with Gasteiger partial charge < -0.3 is 15.0 Å². The van der Waals surface area contributed by atoms with Crippen LogP contribution in [0, 0.1) is 11.3 Å². The highest BCUT2D eigenvalue weighted by molar-refractivity contribution is 7.89. The molecule has 0 bridgehead atoms. The Hall–Kier alpha value is -3.13. The van der Waals surface area contributed by atoms with Gasteiger partial charge in [0.25, 0.3) is 5.91 Å². The van der Waals surface area contributed by atoms with E-state index in [-0.39, 0.29) is 23.8 Å². The van der Waals surface area contributed by atoms with E-state index in [1.807, 2.05) is 18.2 Å². The van der Waals surface area contributed by atoms with Crippen LogP contribution in [0.3, 0.4) is 0 Å². The van der Waals surface area contributed by atoms with E-state index >= 15 is 0 Å². The van der Waals surface area contributed by atoms with Gasteiger partial charge in [0, 0.05) is 56.9 Å². The van der Waals surface area contributed by atoms with Gasteiger partial charge in [-0.25, -0.2) is 13.1 Å². The molecule has 0 aliphatic carbocycles. The van der Waals surface area contributed by atoms with Crippen LogP contribution in [0.5, 0.6) is 5.75 Å². The summed E-state index contributed by atoms with van der Waals surface area (Å²) in [5, 5.41) is 11.4. The number of rotatable bonds is 11. The molecule has 1 saturated heterocycles. The Balaban J connectivity index is 1.36. The average molecular weight is 486 g/mol. The van der Waals surface area contributed by atoms with Gasteiger partial charge in [-0.1, -0.05) is 0 Å². The molecule has 3 rings (SSSR count). The zero-order chi connectivity index (χ0) is 24.4. The van der Waals surface area contributed by atoms with Gasteiger partial charge in [0.05, 0.1) is 18.1 Å². The molecule has 0 unspecified atom stereocenters. The summed E-state index contributed by atoms with van der Waals surface area (Å²) >= 11 is 0. The number of carbonyl (C=O) groups excluding carboxylic acids is 1. The lowest BCUT2D eigenvalue weighted by atomic mass is 10.2. The first-order valence-electron chi connectivity index (χ1n) is 11.3. The smallest absolute Gasteiger partial charge is 0.251 e. The lowest BCUT2D eigenvalue weighted by Crippen LogP contribution is -2.47. The van der Waals surface area contributed by atoms with Crippen LogP contribution in [0.1, 0.15) is 23.2 Å². The Morgan fingerprint density at radius 3 is 2.32 bits per heavy atom. The molecule has 182 valence electrons. The van der Waals surface area contributed by atoms with Crippen molar-refractivity contribution in [2.45, 2.75) is 17.7 Å². The van der Waals surface area contributed by atoms with Gasteiger partial charge in [0.1, 0.15) is 5.75 Å². The monoisotopic (exact) mass is 485 g/mol. The van der Waals surface area contributed by atoms with Crippen molar-refractivity contribution in [1.29, 1.82) is 5.26 Å². The van der Waals surface area contributed by atoms with Crippen LogP contribution in [0.25, 0.3) is 0 Å². The number of benzene rings is 2. The van der Waals surface area contributed by atoms with Crippen molar-refractivity contribution < 1.29 is 17.9 Å². The Bertz CT molecular complexity index is 1070. The van der Waals surface area contributed by atoms with E-state index in [1.54, 1.807) is 7.11 Å². The fourth-order valence-corrected chi connectivity index (χ4v) is 4.77. The summed E-state index contributed by atoms with van der Waals surface area (Å²) in [5.41, 5.74) is 1.61. The van der Waals surface area contributed by atoms with Crippen LogP contribution in [0.2, 0.25) is 0 Å². The molecule has 9 nitrogen and oxygen atoms in total. The normalized spacial score (nSPS) is 14.4. The number of piperazine rings is 1. The summed E-state index contributed by atoms with van der Waals surface area (Å²) < 4.78 is 31.9. The summed E-state index contributed by atoms with van der Waals surface area (Å²) in [7, 11) is -2.02. The maximum Gasteiger partial charge on any atom is 0.251 e. The molecule has 1 aliphatic heterocycles. The molecular formula is C24H31N5O4S. The number of anilines is 1. The topological polar surface area (TPSA) is 115 Å². The van der Waals surface area contributed by atoms with Gasteiger partial charge in [-0.05, 0) is 61.5 Å². The second-order valence-corrected chi connectivity index (χ2v) is 9.73. The third-order valence-electron chi connectivity index (χ3n) is 5.70. The summed E-state index contributed by atoms with van der Waals surface area (Å²) in [5.74, 6) is 0.625. The fourth-order valence-electron chi connectivity index (χ4n) is 3.74. The minimum absolute atomic E-state index is 0.0532. The molecule has 2 aromatic carbocycles. The highest BCUT2D eigenvalue weighted by Gasteiger charge is 2.17. The summed E-state index contributed by atoms with van der Waals surface area (Å²) in [4.78, 5) is 17.2. The lowest BCUT2D eigenvalue weighted by molar-refractivity contribution is 0.0951. The highest BCUT2D eigenvalue weighted by Crippen LogP contribution is 2.20. The predicted octanol–water partition coefficient (Wildman–Crippen LogP) is 1.83. The van der Waals surface area contributed by atoms with Crippen molar-refractivity contribution in [3.05, 3.63) is 54.1 Å². The number of nitrogens with one attached hydrogen (secondary N) is 2. The molecule has 2 aromatic rings. The number of nitrogens with zero attached hydrogens (tertiary/aromatic N) is 3. The van der Waals surface area contributed by atoms with Crippen LogP contribution in [0.15, 0.2) is 53.4 Å². The van der Waals surface area contributed by atoms with E-state index in [1.165, 1.54) is 30.0 Å².